The Labute approximate surface area is 113 Å². The van der Waals surface area contributed by atoms with Gasteiger partial charge in [0.2, 0.25) is 0 Å². The SMILES string of the molecule is CCc1ccccc1C(=O)N(C)c1ccc(N)cc1. The van der Waals surface area contributed by atoms with E-state index in [4.69, 9.17) is 5.73 Å². The number of amides is 1. The van der Waals surface area contributed by atoms with Crippen molar-refractivity contribution in [1.82, 2.24) is 0 Å². The number of hydrogen-bond donors (Lipinski definition) is 1. The fourth-order valence-electron chi connectivity index (χ4n) is 2.03. The summed E-state index contributed by atoms with van der Waals surface area (Å²) in [5.41, 5.74) is 9.01. The van der Waals surface area contributed by atoms with Crippen LogP contribution in [0.2, 0.25) is 0 Å². The number of anilines is 2. The van der Waals surface area contributed by atoms with Crippen molar-refractivity contribution in [3.8, 4) is 0 Å². The van der Waals surface area contributed by atoms with Crippen molar-refractivity contribution in [1.29, 1.82) is 0 Å². The van der Waals surface area contributed by atoms with Gasteiger partial charge in [0.25, 0.3) is 5.91 Å². The molecule has 0 fully saturated rings. The molecule has 0 heterocycles. The van der Waals surface area contributed by atoms with E-state index in [1.807, 2.05) is 36.4 Å². The van der Waals surface area contributed by atoms with Gasteiger partial charge in [-0.05, 0) is 42.3 Å². The predicted molar refractivity (Wildman–Crippen MR) is 79.4 cm³/mol. The van der Waals surface area contributed by atoms with Crippen LogP contribution in [0.15, 0.2) is 48.5 Å². The number of benzene rings is 2. The maximum absolute atomic E-state index is 12.5. The molecule has 3 heteroatoms. The first-order valence-corrected chi connectivity index (χ1v) is 6.35. The largest absolute Gasteiger partial charge is 0.399 e. The Kier molecular flexibility index (Phi) is 3.85. The van der Waals surface area contributed by atoms with Crippen molar-refractivity contribution in [2.75, 3.05) is 17.7 Å². The Morgan fingerprint density at radius 2 is 1.74 bits per heavy atom. The molecule has 2 N–H and O–H groups in total. The molecule has 2 aromatic carbocycles. The Bertz CT molecular complexity index is 576. The van der Waals surface area contributed by atoms with Crippen LogP contribution in [-0.2, 0) is 6.42 Å². The maximum atomic E-state index is 12.5. The molecule has 0 aromatic heterocycles. The monoisotopic (exact) mass is 254 g/mol. The Morgan fingerprint density at radius 3 is 2.37 bits per heavy atom. The number of nitrogen functional groups attached to an aromatic ring is 1. The summed E-state index contributed by atoms with van der Waals surface area (Å²) in [5, 5.41) is 0. The highest BCUT2D eigenvalue weighted by Gasteiger charge is 2.15. The third-order valence-electron chi connectivity index (χ3n) is 3.21. The second kappa shape index (κ2) is 5.57. The summed E-state index contributed by atoms with van der Waals surface area (Å²) in [4.78, 5) is 14.2. The van der Waals surface area contributed by atoms with E-state index < -0.39 is 0 Å². The van der Waals surface area contributed by atoms with Gasteiger partial charge in [-0.3, -0.25) is 4.79 Å². The average Bonchev–Trinajstić information content (AvgIpc) is 2.46. The lowest BCUT2D eigenvalue weighted by molar-refractivity contribution is 0.0992. The highest BCUT2D eigenvalue weighted by molar-refractivity contribution is 6.06. The molecule has 0 radical (unpaired) electrons. The number of rotatable bonds is 3. The summed E-state index contributed by atoms with van der Waals surface area (Å²) in [6, 6.07) is 15.0. The number of carbonyl (C=O) groups excluding carboxylic acids is 1. The van der Waals surface area contributed by atoms with E-state index in [-0.39, 0.29) is 5.91 Å². The van der Waals surface area contributed by atoms with Crippen molar-refractivity contribution < 1.29 is 4.79 Å². The van der Waals surface area contributed by atoms with Gasteiger partial charge in [0.15, 0.2) is 0 Å². The number of aryl methyl sites for hydroxylation is 1. The topological polar surface area (TPSA) is 46.3 Å². The van der Waals surface area contributed by atoms with E-state index in [2.05, 4.69) is 6.92 Å². The molecular formula is C16H18N2O. The molecule has 98 valence electrons. The summed E-state index contributed by atoms with van der Waals surface area (Å²) < 4.78 is 0. The predicted octanol–water partition coefficient (Wildman–Crippen LogP) is 3.11. The molecule has 0 saturated carbocycles. The first-order chi connectivity index (χ1) is 9.13. The lowest BCUT2D eigenvalue weighted by Crippen LogP contribution is -2.27. The molecule has 3 nitrogen and oxygen atoms in total. The van der Waals surface area contributed by atoms with E-state index in [0.717, 1.165) is 23.2 Å². The molecule has 0 aliphatic rings. The number of carbonyl (C=O) groups is 1. The van der Waals surface area contributed by atoms with Gasteiger partial charge in [0, 0.05) is 24.0 Å². The van der Waals surface area contributed by atoms with Crippen LogP contribution in [0, 0.1) is 0 Å². The molecule has 19 heavy (non-hydrogen) atoms. The van der Waals surface area contributed by atoms with Gasteiger partial charge in [-0.25, -0.2) is 0 Å². The Balaban J connectivity index is 2.30. The average molecular weight is 254 g/mol. The van der Waals surface area contributed by atoms with Crippen LogP contribution in [0.1, 0.15) is 22.8 Å². The molecule has 2 aromatic rings. The van der Waals surface area contributed by atoms with Crippen LogP contribution in [0.4, 0.5) is 11.4 Å². The molecule has 0 atom stereocenters. The summed E-state index contributed by atoms with van der Waals surface area (Å²) in [6.45, 7) is 2.05. The molecule has 2 rings (SSSR count). The lowest BCUT2D eigenvalue weighted by Gasteiger charge is -2.19. The summed E-state index contributed by atoms with van der Waals surface area (Å²) in [5.74, 6) is 0.00206. The quantitative estimate of drug-likeness (QED) is 0.855. The van der Waals surface area contributed by atoms with Crippen molar-refractivity contribution in [3.63, 3.8) is 0 Å². The zero-order chi connectivity index (χ0) is 13.8. The van der Waals surface area contributed by atoms with Crippen molar-refractivity contribution in [3.05, 3.63) is 59.7 Å². The van der Waals surface area contributed by atoms with Crippen LogP contribution in [0.3, 0.4) is 0 Å². The third kappa shape index (κ3) is 2.76. The molecular weight excluding hydrogens is 236 g/mol. The second-order valence-electron chi connectivity index (χ2n) is 4.47. The van der Waals surface area contributed by atoms with Gasteiger partial charge >= 0.3 is 0 Å². The van der Waals surface area contributed by atoms with Gasteiger partial charge in [-0.1, -0.05) is 25.1 Å². The smallest absolute Gasteiger partial charge is 0.258 e. The van der Waals surface area contributed by atoms with Crippen LogP contribution >= 0.6 is 0 Å². The molecule has 0 bridgehead atoms. The van der Waals surface area contributed by atoms with Crippen molar-refractivity contribution in [2.24, 2.45) is 0 Å². The van der Waals surface area contributed by atoms with E-state index in [0.29, 0.717) is 5.69 Å². The Morgan fingerprint density at radius 1 is 1.11 bits per heavy atom. The van der Waals surface area contributed by atoms with E-state index >= 15 is 0 Å². The second-order valence-corrected chi connectivity index (χ2v) is 4.47. The summed E-state index contributed by atoms with van der Waals surface area (Å²) in [6.07, 6.45) is 0.845. The van der Waals surface area contributed by atoms with Gasteiger partial charge in [0.05, 0.1) is 0 Å². The molecule has 0 aliphatic carbocycles. The van der Waals surface area contributed by atoms with Gasteiger partial charge in [0.1, 0.15) is 0 Å². The van der Waals surface area contributed by atoms with Gasteiger partial charge in [-0.2, -0.15) is 0 Å². The number of hydrogen-bond acceptors (Lipinski definition) is 2. The third-order valence-corrected chi connectivity index (χ3v) is 3.21. The fourth-order valence-corrected chi connectivity index (χ4v) is 2.03. The van der Waals surface area contributed by atoms with Gasteiger partial charge in [-0.15, -0.1) is 0 Å². The number of nitrogens with zero attached hydrogens (tertiary/aromatic N) is 1. The molecule has 0 spiro atoms. The fraction of sp³-hybridized carbons (Fsp3) is 0.188. The summed E-state index contributed by atoms with van der Waals surface area (Å²) in [7, 11) is 1.78. The van der Waals surface area contributed by atoms with E-state index in [1.54, 1.807) is 24.1 Å². The van der Waals surface area contributed by atoms with Crippen molar-refractivity contribution >= 4 is 17.3 Å². The summed E-state index contributed by atoms with van der Waals surface area (Å²) >= 11 is 0. The lowest BCUT2D eigenvalue weighted by atomic mass is 10.0. The van der Waals surface area contributed by atoms with Crippen LogP contribution in [0.5, 0.6) is 0 Å². The first kappa shape index (κ1) is 13.1. The minimum atomic E-state index is 0.00206. The zero-order valence-electron chi connectivity index (χ0n) is 11.3. The zero-order valence-corrected chi connectivity index (χ0v) is 11.3. The molecule has 0 aliphatic heterocycles. The highest BCUT2D eigenvalue weighted by atomic mass is 16.2. The van der Waals surface area contributed by atoms with E-state index in [9.17, 15) is 4.79 Å². The van der Waals surface area contributed by atoms with Crippen molar-refractivity contribution in [2.45, 2.75) is 13.3 Å². The molecule has 1 amide bonds. The maximum Gasteiger partial charge on any atom is 0.258 e. The molecule has 0 unspecified atom stereocenters. The standard InChI is InChI=1S/C16H18N2O/c1-3-12-6-4-5-7-15(12)16(19)18(2)14-10-8-13(17)9-11-14/h4-11H,3,17H2,1-2H3. The minimum Gasteiger partial charge on any atom is -0.399 e. The normalized spacial score (nSPS) is 10.2. The minimum absolute atomic E-state index is 0.00206. The molecule has 0 saturated heterocycles. The van der Waals surface area contributed by atoms with Crippen LogP contribution in [-0.4, -0.2) is 13.0 Å². The Hall–Kier alpha value is -2.29. The van der Waals surface area contributed by atoms with E-state index in [1.165, 1.54) is 0 Å². The van der Waals surface area contributed by atoms with Crippen LogP contribution in [0.25, 0.3) is 0 Å². The van der Waals surface area contributed by atoms with Gasteiger partial charge < -0.3 is 10.6 Å². The highest BCUT2D eigenvalue weighted by Crippen LogP contribution is 2.19. The number of nitrogens with two attached hydrogens (primary N) is 1. The first-order valence-electron chi connectivity index (χ1n) is 6.35. The van der Waals surface area contributed by atoms with Crippen LogP contribution < -0.4 is 10.6 Å².